The van der Waals surface area contributed by atoms with E-state index >= 15 is 0 Å². The number of carbonyl (C=O) groups excluding carboxylic acids is 1. The van der Waals surface area contributed by atoms with Crippen LogP contribution in [0.2, 0.25) is 0 Å². The maximum Gasteiger partial charge on any atom is 0.341 e. The smallest absolute Gasteiger partial charge is 0.341 e. The lowest BCUT2D eigenvalue weighted by Gasteiger charge is -2.33. The molecule has 1 atom stereocenters. The second-order valence-corrected chi connectivity index (χ2v) is 11.8. The lowest BCUT2D eigenvalue weighted by atomic mass is 9.72. The van der Waals surface area contributed by atoms with E-state index in [1.807, 2.05) is 36.6 Å². The van der Waals surface area contributed by atoms with Crippen molar-refractivity contribution in [3.05, 3.63) is 56.9 Å². The molecular weight excluding hydrogens is 490 g/mol. The van der Waals surface area contributed by atoms with Gasteiger partial charge < -0.3 is 14.8 Å². The van der Waals surface area contributed by atoms with Gasteiger partial charge in [-0.15, -0.1) is 22.7 Å². The summed E-state index contributed by atoms with van der Waals surface area (Å²) in [6, 6.07) is 9.91. The van der Waals surface area contributed by atoms with Crippen molar-refractivity contribution in [2.75, 3.05) is 19.0 Å². The van der Waals surface area contributed by atoms with Gasteiger partial charge in [-0.25, -0.2) is 9.78 Å². The van der Waals surface area contributed by atoms with E-state index < -0.39 is 0 Å². The van der Waals surface area contributed by atoms with Crippen LogP contribution in [0.1, 0.15) is 59.9 Å². The molecule has 2 aromatic heterocycles. The first-order valence-electron chi connectivity index (χ1n) is 12.0. The molecule has 0 saturated carbocycles. The molecule has 6 nitrogen and oxygen atoms in total. The zero-order chi connectivity index (χ0) is 25.9. The molecular formula is C28H31N3O3S2. The molecule has 188 valence electrons. The van der Waals surface area contributed by atoms with E-state index in [-0.39, 0.29) is 11.4 Å². The molecule has 0 unspecified atom stereocenters. The van der Waals surface area contributed by atoms with E-state index in [1.165, 1.54) is 16.2 Å². The van der Waals surface area contributed by atoms with Crippen LogP contribution in [0.15, 0.2) is 35.8 Å². The zero-order valence-electron chi connectivity index (χ0n) is 21.3. The van der Waals surface area contributed by atoms with Gasteiger partial charge in [-0.1, -0.05) is 20.8 Å². The van der Waals surface area contributed by atoms with E-state index in [0.29, 0.717) is 28.7 Å². The Hall–Kier alpha value is -3.15. The fraction of sp³-hybridized carbons (Fsp3) is 0.393. The lowest BCUT2D eigenvalue weighted by Crippen LogP contribution is -2.26. The summed E-state index contributed by atoms with van der Waals surface area (Å²) in [5.41, 5.74) is 4.06. The molecule has 1 aliphatic rings. The molecule has 4 rings (SSSR count). The summed E-state index contributed by atoms with van der Waals surface area (Å²) in [5, 5.41) is 16.4. The van der Waals surface area contributed by atoms with Gasteiger partial charge in [-0.05, 0) is 67.3 Å². The molecule has 8 heteroatoms. The number of rotatable bonds is 7. The quantitative estimate of drug-likeness (QED) is 0.262. The number of esters is 1. The first-order chi connectivity index (χ1) is 17.2. The van der Waals surface area contributed by atoms with Gasteiger partial charge in [0.05, 0.1) is 25.0 Å². The van der Waals surface area contributed by atoms with Gasteiger partial charge in [-0.3, -0.25) is 0 Å². The van der Waals surface area contributed by atoms with Gasteiger partial charge in [0.1, 0.15) is 27.4 Å². The Labute approximate surface area is 220 Å². The number of aromatic nitrogens is 1. The highest BCUT2D eigenvalue weighted by Gasteiger charge is 2.34. The van der Waals surface area contributed by atoms with Crippen molar-refractivity contribution in [3.63, 3.8) is 0 Å². The fourth-order valence-electron chi connectivity index (χ4n) is 4.42. The van der Waals surface area contributed by atoms with Crippen LogP contribution in [0.5, 0.6) is 5.75 Å². The van der Waals surface area contributed by atoms with Crippen molar-refractivity contribution in [2.45, 2.75) is 47.0 Å². The highest BCUT2D eigenvalue weighted by Crippen LogP contribution is 2.44. The molecule has 2 heterocycles. The number of nitrogens with one attached hydrogen (secondary N) is 1. The number of carbonyl (C=O) groups is 1. The monoisotopic (exact) mass is 521 g/mol. The average Bonchev–Trinajstić information content (AvgIpc) is 3.49. The Morgan fingerprint density at radius 1 is 1.31 bits per heavy atom. The third kappa shape index (κ3) is 5.48. The van der Waals surface area contributed by atoms with Crippen LogP contribution in [0.25, 0.3) is 16.8 Å². The average molecular weight is 522 g/mol. The maximum atomic E-state index is 12.9. The third-order valence-corrected chi connectivity index (χ3v) is 8.62. The number of methoxy groups -OCH3 is 1. The fourth-order valence-corrected chi connectivity index (χ4v) is 6.50. The number of benzene rings is 1. The normalized spacial score (nSPS) is 15.7. The largest absolute Gasteiger partial charge is 0.497 e. The Kier molecular flexibility index (Phi) is 7.82. The highest BCUT2D eigenvalue weighted by molar-refractivity contribution is 7.16. The molecule has 3 aromatic rings. The predicted molar refractivity (Wildman–Crippen MR) is 147 cm³/mol. The Bertz CT molecular complexity index is 1310. The van der Waals surface area contributed by atoms with Crippen molar-refractivity contribution in [2.24, 2.45) is 11.3 Å². The summed E-state index contributed by atoms with van der Waals surface area (Å²) in [6.45, 7) is 8.96. The Morgan fingerprint density at radius 2 is 2.06 bits per heavy atom. The minimum absolute atomic E-state index is 0.208. The summed E-state index contributed by atoms with van der Waals surface area (Å²) in [5.74, 6) is 1.03. The van der Waals surface area contributed by atoms with E-state index in [4.69, 9.17) is 9.47 Å². The number of allylic oxidation sites excluding steroid dienone is 1. The molecule has 1 aromatic carbocycles. The first kappa shape index (κ1) is 25.9. The van der Waals surface area contributed by atoms with E-state index in [0.717, 1.165) is 46.8 Å². The summed E-state index contributed by atoms with van der Waals surface area (Å²) in [4.78, 5) is 18.8. The molecule has 0 spiro atoms. The van der Waals surface area contributed by atoms with Gasteiger partial charge in [0.25, 0.3) is 0 Å². The predicted octanol–water partition coefficient (Wildman–Crippen LogP) is 7.18. The molecule has 1 aliphatic carbocycles. The van der Waals surface area contributed by atoms with Gasteiger partial charge >= 0.3 is 5.97 Å². The topological polar surface area (TPSA) is 84.2 Å². The van der Waals surface area contributed by atoms with Crippen molar-refractivity contribution in [3.8, 4) is 23.1 Å². The third-order valence-electron chi connectivity index (χ3n) is 6.56. The van der Waals surface area contributed by atoms with Gasteiger partial charge in [-0.2, -0.15) is 5.26 Å². The summed E-state index contributed by atoms with van der Waals surface area (Å²) in [6.07, 6.45) is 4.50. The Morgan fingerprint density at radius 3 is 2.69 bits per heavy atom. The molecule has 0 aliphatic heterocycles. The van der Waals surface area contributed by atoms with E-state index in [2.05, 4.69) is 37.1 Å². The lowest BCUT2D eigenvalue weighted by molar-refractivity contribution is 0.0526. The van der Waals surface area contributed by atoms with Crippen LogP contribution >= 0.6 is 22.7 Å². The second kappa shape index (κ2) is 10.9. The number of fused-ring (bicyclic) bond motifs is 1. The summed E-state index contributed by atoms with van der Waals surface area (Å²) < 4.78 is 10.6. The van der Waals surface area contributed by atoms with Crippen LogP contribution < -0.4 is 10.1 Å². The number of hydrogen-bond donors (Lipinski definition) is 1. The van der Waals surface area contributed by atoms with Crippen molar-refractivity contribution >= 4 is 39.2 Å². The second-order valence-electron chi connectivity index (χ2n) is 9.81. The molecule has 0 radical (unpaired) electrons. The van der Waals surface area contributed by atoms with Gasteiger partial charge in [0.15, 0.2) is 0 Å². The van der Waals surface area contributed by atoms with E-state index in [9.17, 15) is 10.1 Å². The Balaban J connectivity index is 1.62. The first-order valence-corrected chi connectivity index (χ1v) is 13.7. The molecule has 0 amide bonds. The van der Waals surface area contributed by atoms with Crippen LogP contribution in [-0.4, -0.2) is 24.7 Å². The SMILES string of the molecule is CCOC(=O)c1c(N/C=C(/C#N)c2nc(-c3ccc(OC)cc3)cs2)sc2c1CC[C@H](C(C)(C)C)C2. The van der Waals surface area contributed by atoms with Crippen LogP contribution in [0.3, 0.4) is 0 Å². The van der Waals surface area contributed by atoms with E-state index in [1.54, 1.807) is 24.6 Å². The molecule has 1 N–H and O–H groups in total. The minimum Gasteiger partial charge on any atom is -0.497 e. The zero-order valence-corrected chi connectivity index (χ0v) is 22.9. The number of hydrogen-bond acceptors (Lipinski definition) is 8. The number of nitriles is 1. The molecule has 0 saturated heterocycles. The van der Waals surface area contributed by atoms with Gasteiger partial charge in [0, 0.05) is 22.0 Å². The van der Waals surface area contributed by atoms with Crippen LogP contribution in [0, 0.1) is 22.7 Å². The van der Waals surface area contributed by atoms with Gasteiger partial charge in [0.2, 0.25) is 0 Å². The minimum atomic E-state index is -0.311. The molecule has 0 fully saturated rings. The van der Waals surface area contributed by atoms with Crippen LogP contribution in [0.4, 0.5) is 5.00 Å². The molecule has 36 heavy (non-hydrogen) atoms. The number of ether oxygens (including phenoxy) is 2. The maximum absolute atomic E-state index is 12.9. The summed E-state index contributed by atoms with van der Waals surface area (Å²) >= 11 is 3.00. The summed E-state index contributed by atoms with van der Waals surface area (Å²) in [7, 11) is 1.63. The number of thiazole rings is 1. The highest BCUT2D eigenvalue weighted by atomic mass is 32.1. The number of thiophene rings is 1. The standard InChI is InChI=1S/C28H31N3O3S2/c1-6-34-27(32)24-21-12-9-19(28(2,3)4)13-23(21)36-26(24)30-15-18(14-29)25-31-22(16-35-25)17-7-10-20(33-5)11-8-17/h7-8,10-11,15-16,19,30H,6,9,12-13H2,1-5H3/b18-15-/t19-/m0/s1. The number of anilines is 1. The van der Waals surface area contributed by atoms with Crippen molar-refractivity contribution in [1.82, 2.24) is 4.98 Å². The molecule has 0 bridgehead atoms. The van der Waals surface area contributed by atoms with Crippen LogP contribution in [-0.2, 0) is 17.6 Å². The number of nitrogens with zero attached hydrogens (tertiary/aromatic N) is 2. The van der Waals surface area contributed by atoms with Crippen molar-refractivity contribution in [1.29, 1.82) is 5.26 Å². The van der Waals surface area contributed by atoms with Crippen molar-refractivity contribution < 1.29 is 14.3 Å².